The molecule has 23 heavy (non-hydrogen) atoms. The zero-order valence-electron chi connectivity index (χ0n) is 13.0. The van der Waals surface area contributed by atoms with E-state index in [1.54, 1.807) is 10.6 Å². The molecule has 0 aliphatic heterocycles. The Bertz CT molecular complexity index is 881. The number of nitrogens with zero attached hydrogens (tertiary/aromatic N) is 2. The SMILES string of the molecule is CCNc1c(C(C)=O)c(=O)n(C2CC2)c2ccc([N+](=O)[O-])cc12. The van der Waals surface area contributed by atoms with Crippen molar-refractivity contribution in [3.05, 3.63) is 44.2 Å². The summed E-state index contributed by atoms with van der Waals surface area (Å²) in [5.41, 5.74) is 0.709. The van der Waals surface area contributed by atoms with Crippen LogP contribution in [0.2, 0.25) is 0 Å². The first kappa shape index (κ1) is 15.2. The van der Waals surface area contributed by atoms with Crippen LogP contribution < -0.4 is 10.9 Å². The number of fused-ring (bicyclic) bond motifs is 1. The van der Waals surface area contributed by atoms with Crippen molar-refractivity contribution in [2.75, 3.05) is 11.9 Å². The molecule has 2 aromatic rings. The fourth-order valence-corrected chi connectivity index (χ4v) is 2.90. The van der Waals surface area contributed by atoms with Gasteiger partial charge >= 0.3 is 0 Å². The van der Waals surface area contributed by atoms with Crippen LogP contribution in [0.1, 0.15) is 43.1 Å². The third kappa shape index (κ3) is 2.48. The monoisotopic (exact) mass is 315 g/mol. The summed E-state index contributed by atoms with van der Waals surface area (Å²) in [6.07, 6.45) is 1.76. The molecular weight excluding hydrogens is 298 g/mol. The highest BCUT2D eigenvalue weighted by molar-refractivity contribution is 6.07. The summed E-state index contributed by atoms with van der Waals surface area (Å²) in [4.78, 5) is 35.4. The number of aromatic nitrogens is 1. The van der Waals surface area contributed by atoms with Crippen LogP contribution in [0.25, 0.3) is 10.9 Å². The molecule has 0 bridgehead atoms. The van der Waals surface area contributed by atoms with E-state index in [-0.39, 0.29) is 28.6 Å². The Balaban J connectivity index is 2.46. The van der Waals surface area contributed by atoms with Gasteiger partial charge in [-0.25, -0.2) is 0 Å². The predicted octanol–water partition coefficient (Wildman–Crippen LogP) is 2.88. The number of carbonyl (C=O) groups excluding carboxylic acids is 1. The molecule has 3 rings (SSSR count). The van der Waals surface area contributed by atoms with Gasteiger partial charge in [-0.1, -0.05) is 0 Å². The summed E-state index contributed by atoms with van der Waals surface area (Å²) < 4.78 is 1.61. The minimum absolute atomic E-state index is 0.0628. The van der Waals surface area contributed by atoms with Crippen molar-refractivity contribution < 1.29 is 9.72 Å². The second-order valence-corrected chi connectivity index (χ2v) is 5.70. The lowest BCUT2D eigenvalue weighted by atomic mass is 10.0. The molecule has 7 heteroatoms. The standard InChI is InChI=1S/C16H17N3O4/c1-3-17-15-12-8-11(19(22)23)6-7-13(12)18(10-4-5-10)16(21)14(15)9(2)20/h6-8,10,17H,3-5H2,1-2H3. The van der Waals surface area contributed by atoms with E-state index in [4.69, 9.17) is 0 Å². The predicted molar refractivity (Wildman–Crippen MR) is 87.3 cm³/mol. The zero-order chi connectivity index (χ0) is 16.7. The smallest absolute Gasteiger partial charge is 0.270 e. The Morgan fingerprint density at radius 1 is 1.43 bits per heavy atom. The normalized spacial score (nSPS) is 14.0. The third-order valence-corrected chi connectivity index (χ3v) is 4.02. The number of non-ortho nitro benzene ring substituents is 1. The largest absolute Gasteiger partial charge is 0.384 e. The molecule has 1 N–H and O–H groups in total. The summed E-state index contributed by atoms with van der Waals surface area (Å²) in [6.45, 7) is 3.70. The first-order valence-corrected chi connectivity index (χ1v) is 7.57. The maximum atomic E-state index is 12.8. The van der Waals surface area contributed by atoms with Gasteiger partial charge in [0.2, 0.25) is 0 Å². The van der Waals surface area contributed by atoms with Crippen LogP contribution in [-0.2, 0) is 0 Å². The van der Waals surface area contributed by atoms with Crippen LogP contribution in [0.5, 0.6) is 0 Å². The van der Waals surface area contributed by atoms with E-state index < -0.39 is 4.92 Å². The van der Waals surface area contributed by atoms with Gasteiger partial charge in [0, 0.05) is 30.1 Å². The van der Waals surface area contributed by atoms with Crippen molar-refractivity contribution in [3.63, 3.8) is 0 Å². The van der Waals surface area contributed by atoms with Gasteiger partial charge in [0.15, 0.2) is 5.78 Å². The van der Waals surface area contributed by atoms with Gasteiger partial charge in [0.1, 0.15) is 5.56 Å². The topological polar surface area (TPSA) is 94.2 Å². The van der Waals surface area contributed by atoms with Crippen LogP contribution in [0.3, 0.4) is 0 Å². The van der Waals surface area contributed by atoms with Crippen molar-refractivity contribution in [1.82, 2.24) is 4.57 Å². The molecule has 1 heterocycles. The summed E-state index contributed by atoms with van der Waals surface area (Å²) in [6, 6.07) is 4.49. The average molecular weight is 315 g/mol. The van der Waals surface area contributed by atoms with Crippen molar-refractivity contribution in [2.45, 2.75) is 32.7 Å². The molecule has 1 aromatic carbocycles. The Morgan fingerprint density at radius 2 is 2.13 bits per heavy atom. The minimum Gasteiger partial charge on any atom is -0.384 e. The molecule has 0 radical (unpaired) electrons. The molecule has 1 fully saturated rings. The molecule has 1 aliphatic rings. The van der Waals surface area contributed by atoms with Gasteiger partial charge in [0.25, 0.3) is 11.2 Å². The van der Waals surface area contributed by atoms with Gasteiger partial charge < -0.3 is 9.88 Å². The number of pyridine rings is 1. The van der Waals surface area contributed by atoms with E-state index in [1.165, 1.54) is 19.1 Å². The van der Waals surface area contributed by atoms with Crippen molar-refractivity contribution >= 4 is 28.1 Å². The maximum absolute atomic E-state index is 12.8. The highest BCUT2D eigenvalue weighted by atomic mass is 16.6. The number of Topliss-reactive ketones (excluding diaryl/α,β-unsaturated/α-hetero) is 1. The van der Waals surface area contributed by atoms with E-state index in [9.17, 15) is 19.7 Å². The van der Waals surface area contributed by atoms with Crippen molar-refractivity contribution in [2.24, 2.45) is 0 Å². The van der Waals surface area contributed by atoms with Crippen molar-refractivity contribution in [1.29, 1.82) is 0 Å². The first-order chi connectivity index (χ1) is 11.0. The number of nitro groups is 1. The fraction of sp³-hybridized carbons (Fsp3) is 0.375. The van der Waals surface area contributed by atoms with Crippen LogP contribution in [0.4, 0.5) is 11.4 Å². The molecule has 1 aromatic heterocycles. The molecule has 0 unspecified atom stereocenters. The Hall–Kier alpha value is -2.70. The number of nitro benzene ring substituents is 1. The Morgan fingerprint density at radius 3 is 2.65 bits per heavy atom. The number of hydrogen-bond acceptors (Lipinski definition) is 5. The molecule has 7 nitrogen and oxygen atoms in total. The number of benzene rings is 1. The maximum Gasteiger partial charge on any atom is 0.270 e. The molecule has 120 valence electrons. The van der Waals surface area contributed by atoms with Crippen LogP contribution in [0, 0.1) is 10.1 Å². The molecule has 0 spiro atoms. The van der Waals surface area contributed by atoms with Gasteiger partial charge in [-0.3, -0.25) is 19.7 Å². The van der Waals surface area contributed by atoms with Crippen LogP contribution >= 0.6 is 0 Å². The molecule has 1 aliphatic carbocycles. The van der Waals surface area contributed by atoms with Crippen molar-refractivity contribution in [3.8, 4) is 0 Å². The summed E-state index contributed by atoms with van der Waals surface area (Å²) in [5, 5.41) is 14.7. The Labute approximate surface area is 132 Å². The van der Waals surface area contributed by atoms with Crippen LogP contribution in [-0.4, -0.2) is 21.8 Å². The molecule has 0 saturated heterocycles. The second kappa shape index (κ2) is 5.49. The molecule has 0 amide bonds. The lowest BCUT2D eigenvalue weighted by molar-refractivity contribution is -0.384. The lowest BCUT2D eigenvalue weighted by Gasteiger charge is -2.17. The quantitative estimate of drug-likeness (QED) is 0.520. The zero-order valence-corrected chi connectivity index (χ0v) is 13.0. The van der Waals surface area contributed by atoms with E-state index in [2.05, 4.69) is 5.32 Å². The number of hydrogen-bond donors (Lipinski definition) is 1. The Kier molecular flexibility index (Phi) is 3.63. The average Bonchev–Trinajstić information content (AvgIpc) is 3.31. The van der Waals surface area contributed by atoms with E-state index in [0.717, 1.165) is 12.8 Å². The molecule has 1 saturated carbocycles. The highest BCUT2D eigenvalue weighted by Gasteiger charge is 2.30. The minimum atomic E-state index is -0.477. The number of anilines is 1. The van der Waals surface area contributed by atoms with Gasteiger partial charge in [-0.15, -0.1) is 0 Å². The van der Waals surface area contributed by atoms with E-state index in [0.29, 0.717) is 23.1 Å². The number of ketones is 1. The van der Waals surface area contributed by atoms with E-state index >= 15 is 0 Å². The van der Waals surface area contributed by atoms with Gasteiger partial charge in [-0.2, -0.15) is 0 Å². The summed E-state index contributed by atoms with van der Waals surface area (Å²) >= 11 is 0. The van der Waals surface area contributed by atoms with Crippen LogP contribution in [0.15, 0.2) is 23.0 Å². The lowest BCUT2D eigenvalue weighted by Crippen LogP contribution is -2.27. The first-order valence-electron chi connectivity index (χ1n) is 7.57. The van der Waals surface area contributed by atoms with Gasteiger partial charge in [-0.05, 0) is 32.8 Å². The second-order valence-electron chi connectivity index (χ2n) is 5.70. The third-order valence-electron chi connectivity index (χ3n) is 4.02. The van der Waals surface area contributed by atoms with Gasteiger partial charge in [0.05, 0.1) is 16.1 Å². The number of rotatable bonds is 5. The van der Waals surface area contributed by atoms with E-state index in [1.807, 2.05) is 6.92 Å². The summed E-state index contributed by atoms with van der Waals surface area (Å²) in [5.74, 6) is -0.339. The highest BCUT2D eigenvalue weighted by Crippen LogP contribution is 2.38. The molecular formula is C16H17N3O4. The summed E-state index contributed by atoms with van der Waals surface area (Å²) in [7, 11) is 0. The number of nitrogens with one attached hydrogen (secondary N) is 1. The fourth-order valence-electron chi connectivity index (χ4n) is 2.90. The number of carbonyl (C=O) groups is 1. The molecule has 0 atom stereocenters.